The summed E-state index contributed by atoms with van der Waals surface area (Å²) < 4.78 is 4.83. The number of ether oxygens (including phenoxy) is 1. The highest BCUT2D eigenvalue weighted by Crippen LogP contribution is 2.14. The van der Waals surface area contributed by atoms with Crippen LogP contribution in [0, 0.1) is 5.92 Å². The van der Waals surface area contributed by atoms with Gasteiger partial charge in [-0.25, -0.2) is 4.79 Å². The number of likely N-dealkylation sites (tertiary alicyclic amines) is 1. The van der Waals surface area contributed by atoms with Gasteiger partial charge in [-0.2, -0.15) is 0 Å². The van der Waals surface area contributed by atoms with Crippen LogP contribution >= 0.6 is 0 Å². The van der Waals surface area contributed by atoms with Gasteiger partial charge in [-0.1, -0.05) is 13.8 Å². The molecule has 0 aromatic rings. The van der Waals surface area contributed by atoms with E-state index in [4.69, 9.17) is 4.74 Å². The SMILES string of the molecule is COC(=O)[C@@H](NC1CCN(C(=O)N(C)C)CC1)C(C)C. The van der Waals surface area contributed by atoms with Gasteiger partial charge in [0.05, 0.1) is 7.11 Å². The number of carbonyl (C=O) groups is 2. The second-order valence-corrected chi connectivity index (χ2v) is 5.85. The van der Waals surface area contributed by atoms with Gasteiger partial charge in [0, 0.05) is 33.2 Å². The fourth-order valence-electron chi connectivity index (χ4n) is 2.43. The number of urea groups is 1. The Hall–Kier alpha value is -1.30. The van der Waals surface area contributed by atoms with Crippen molar-refractivity contribution < 1.29 is 14.3 Å². The van der Waals surface area contributed by atoms with Gasteiger partial charge in [-0.05, 0) is 18.8 Å². The second kappa shape index (κ2) is 7.47. The lowest BCUT2D eigenvalue weighted by Crippen LogP contribution is -2.53. The third-order valence-corrected chi connectivity index (χ3v) is 3.69. The summed E-state index contributed by atoms with van der Waals surface area (Å²) in [4.78, 5) is 27.0. The molecule has 1 saturated heterocycles. The molecule has 1 aliphatic heterocycles. The van der Waals surface area contributed by atoms with Crippen molar-refractivity contribution in [3.05, 3.63) is 0 Å². The largest absolute Gasteiger partial charge is 0.468 e. The van der Waals surface area contributed by atoms with Crippen LogP contribution in [0.4, 0.5) is 4.79 Å². The molecule has 116 valence electrons. The van der Waals surface area contributed by atoms with E-state index in [0.29, 0.717) is 0 Å². The number of rotatable bonds is 4. The zero-order valence-electron chi connectivity index (χ0n) is 13.2. The van der Waals surface area contributed by atoms with E-state index in [9.17, 15) is 9.59 Å². The molecule has 1 heterocycles. The number of piperidine rings is 1. The fraction of sp³-hybridized carbons (Fsp3) is 0.857. The van der Waals surface area contributed by atoms with Gasteiger partial charge in [0.1, 0.15) is 6.04 Å². The average Bonchev–Trinajstić information content (AvgIpc) is 2.43. The summed E-state index contributed by atoms with van der Waals surface area (Å²) in [5.41, 5.74) is 0. The minimum Gasteiger partial charge on any atom is -0.468 e. The summed E-state index contributed by atoms with van der Waals surface area (Å²) in [5.74, 6) is -0.0318. The summed E-state index contributed by atoms with van der Waals surface area (Å²) in [6.07, 6.45) is 1.72. The van der Waals surface area contributed by atoms with Gasteiger partial charge in [-0.15, -0.1) is 0 Å². The van der Waals surface area contributed by atoms with Crippen molar-refractivity contribution in [1.82, 2.24) is 15.1 Å². The second-order valence-electron chi connectivity index (χ2n) is 5.85. The topological polar surface area (TPSA) is 61.9 Å². The van der Waals surface area contributed by atoms with E-state index in [0.717, 1.165) is 25.9 Å². The van der Waals surface area contributed by atoms with Crippen molar-refractivity contribution in [2.45, 2.75) is 38.8 Å². The third kappa shape index (κ3) is 4.37. The molecule has 0 unspecified atom stereocenters. The van der Waals surface area contributed by atoms with Crippen LogP contribution < -0.4 is 5.32 Å². The number of methoxy groups -OCH3 is 1. The van der Waals surface area contributed by atoms with Crippen molar-refractivity contribution >= 4 is 12.0 Å². The summed E-state index contributed by atoms with van der Waals surface area (Å²) in [7, 11) is 4.94. The third-order valence-electron chi connectivity index (χ3n) is 3.69. The highest BCUT2D eigenvalue weighted by Gasteiger charge is 2.29. The number of esters is 1. The Bertz CT molecular complexity index is 337. The number of nitrogens with one attached hydrogen (secondary N) is 1. The van der Waals surface area contributed by atoms with Crippen LogP contribution in [0.25, 0.3) is 0 Å². The summed E-state index contributed by atoms with van der Waals surface area (Å²) in [5, 5.41) is 3.37. The van der Waals surface area contributed by atoms with Crippen molar-refractivity contribution in [2.75, 3.05) is 34.3 Å². The number of hydrogen-bond acceptors (Lipinski definition) is 4. The van der Waals surface area contributed by atoms with Gasteiger partial charge in [0.15, 0.2) is 0 Å². The van der Waals surface area contributed by atoms with Crippen LogP contribution in [0.5, 0.6) is 0 Å². The van der Waals surface area contributed by atoms with Gasteiger partial charge in [-0.3, -0.25) is 4.79 Å². The molecule has 0 radical (unpaired) electrons. The van der Waals surface area contributed by atoms with Crippen LogP contribution in [-0.4, -0.2) is 68.2 Å². The molecule has 6 nitrogen and oxygen atoms in total. The molecule has 1 N–H and O–H groups in total. The molecule has 1 atom stereocenters. The van der Waals surface area contributed by atoms with E-state index in [2.05, 4.69) is 5.32 Å². The standard InChI is InChI=1S/C14H27N3O3/c1-10(2)12(13(18)20-5)15-11-6-8-17(9-7-11)14(19)16(3)4/h10-12,15H,6-9H2,1-5H3/t12-/m0/s1. The molecule has 0 bridgehead atoms. The molecule has 0 aromatic carbocycles. The predicted octanol–water partition coefficient (Wildman–Crippen LogP) is 0.920. The van der Waals surface area contributed by atoms with E-state index in [-0.39, 0.29) is 30.0 Å². The zero-order chi connectivity index (χ0) is 15.3. The first kappa shape index (κ1) is 16.8. The molecule has 6 heteroatoms. The molecule has 0 saturated carbocycles. The maximum atomic E-state index is 11.8. The molecule has 0 aliphatic carbocycles. The molecule has 2 amide bonds. The molecule has 0 aromatic heterocycles. The van der Waals surface area contributed by atoms with Crippen molar-refractivity contribution in [2.24, 2.45) is 5.92 Å². The van der Waals surface area contributed by atoms with E-state index in [1.54, 1.807) is 19.0 Å². The lowest BCUT2D eigenvalue weighted by atomic mass is 9.99. The predicted molar refractivity (Wildman–Crippen MR) is 77.5 cm³/mol. The Morgan fingerprint density at radius 1 is 1.25 bits per heavy atom. The van der Waals surface area contributed by atoms with Crippen LogP contribution in [-0.2, 0) is 9.53 Å². The van der Waals surface area contributed by atoms with E-state index in [1.165, 1.54) is 7.11 Å². The summed E-state index contributed by atoms with van der Waals surface area (Å²) in [6, 6.07) is 0.0330. The Morgan fingerprint density at radius 3 is 2.20 bits per heavy atom. The molecule has 1 aliphatic rings. The Labute approximate surface area is 121 Å². The van der Waals surface area contributed by atoms with Crippen LogP contribution in [0.15, 0.2) is 0 Å². The highest BCUT2D eigenvalue weighted by atomic mass is 16.5. The van der Waals surface area contributed by atoms with Crippen molar-refractivity contribution in [3.8, 4) is 0 Å². The number of nitrogens with zero attached hydrogens (tertiary/aromatic N) is 2. The first-order valence-electron chi connectivity index (χ1n) is 7.17. The quantitative estimate of drug-likeness (QED) is 0.780. The van der Waals surface area contributed by atoms with Gasteiger partial charge >= 0.3 is 12.0 Å². The maximum absolute atomic E-state index is 11.8. The molecule has 1 fully saturated rings. The Morgan fingerprint density at radius 2 is 1.80 bits per heavy atom. The van der Waals surface area contributed by atoms with E-state index < -0.39 is 0 Å². The van der Waals surface area contributed by atoms with E-state index in [1.807, 2.05) is 18.7 Å². The lowest BCUT2D eigenvalue weighted by molar-refractivity contribution is -0.144. The smallest absolute Gasteiger partial charge is 0.323 e. The Kier molecular flexibility index (Phi) is 6.26. The summed E-state index contributed by atoms with van der Waals surface area (Å²) in [6.45, 7) is 5.44. The highest BCUT2D eigenvalue weighted by molar-refractivity contribution is 5.76. The van der Waals surface area contributed by atoms with Crippen LogP contribution in [0.3, 0.4) is 0 Å². The summed E-state index contributed by atoms with van der Waals surface area (Å²) >= 11 is 0. The minimum absolute atomic E-state index is 0.0526. The molecule has 20 heavy (non-hydrogen) atoms. The van der Waals surface area contributed by atoms with Crippen LogP contribution in [0.1, 0.15) is 26.7 Å². The number of amides is 2. The van der Waals surface area contributed by atoms with Gasteiger partial charge in [0.2, 0.25) is 0 Å². The lowest BCUT2D eigenvalue weighted by Gasteiger charge is -2.35. The monoisotopic (exact) mass is 285 g/mol. The zero-order valence-corrected chi connectivity index (χ0v) is 13.2. The van der Waals surface area contributed by atoms with Crippen molar-refractivity contribution in [1.29, 1.82) is 0 Å². The maximum Gasteiger partial charge on any atom is 0.323 e. The molecular weight excluding hydrogens is 258 g/mol. The molecule has 0 spiro atoms. The minimum atomic E-state index is -0.277. The normalized spacial score (nSPS) is 18.0. The van der Waals surface area contributed by atoms with Gasteiger partial charge in [0.25, 0.3) is 0 Å². The number of hydrogen-bond donors (Lipinski definition) is 1. The first-order chi connectivity index (χ1) is 9.36. The first-order valence-corrected chi connectivity index (χ1v) is 7.17. The van der Waals surface area contributed by atoms with Gasteiger partial charge < -0.3 is 19.9 Å². The van der Waals surface area contributed by atoms with Crippen LogP contribution in [0.2, 0.25) is 0 Å². The molecule has 1 rings (SSSR count). The Balaban J connectivity index is 2.49. The number of carbonyl (C=O) groups excluding carboxylic acids is 2. The molecular formula is C14H27N3O3. The average molecular weight is 285 g/mol. The fourth-order valence-corrected chi connectivity index (χ4v) is 2.43. The van der Waals surface area contributed by atoms with Crippen molar-refractivity contribution in [3.63, 3.8) is 0 Å². The van der Waals surface area contributed by atoms with E-state index >= 15 is 0 Å².